The molecule has 0 bridgehead atoms. The lowest BCUT2D eigenvalue weighted by Gasteiger charge is -2.29. The quantitative estimate of drug-likeness (QED) is 0.618. The maximum absolute atomic E-state index is 14.2. The zero-order valence-electron chi connectivity index (χ0n) is 13.1. The van der Waals surface area contributed by atoms with E-state index in [1.807, 2.05) is 0 Å². The zero-order valence-corrected chi connectivity index (χ0v) is 14.6. The van der Waals surface area contributed by atoms with Crippen molar-refractivity contribution in [1.82, 2.24) is 19.5 Å². The number of aliphatic hydroxyl groups is 1. The summed E-state index contributed by atoms with van der Waals surface area (Å²) >= 11 is 5.48. The third-order valence-corrected chi connectivity index (χ3v) is 5.13. The first kappa shape index (κ1) is 19.7. The number of nitrogens with one attached hydrogen (secondary N) is 1. The molecule has 1 aromatic heterocycles. The molecule has 1 atom stereocenters. The molecule has 0 fully saturated rings. The van der Waals surface area contributed by atoms with Crippen molar-refractivity contribution in [2.75, 3.05) is 18.2 Å². The van der Waals surface area contributed by atoms with Crippen LogP contribution in [0.3, 0.4) is 0 Å². The van der Waals surface area contributed by atoms with Crippen LogP contribution < -0.4 is 4.72 Å². The fourth-order valence-electron chi connectivity index (χ4n) is 2.23. The molecule has 0 spiro atoms. The number of benzene rings is 1. The van der Waals surface area contributed by atoms with Crippen LogP contribution in [-0.4, -0.2) is 46.5 Å². The number of alkyl halides is 1. The van der Waals surface area contributed by atoms with Crippen LogP contribution >= 0.6 is 11.6 Å². The molecule has 0 radical (unpaired) electrons. The van der Waals surface area contributed by atoms with Gasteiger partial charge >= 0.3 is 0 Å². The second-order valence-corrected chi connectivity index (χ2v) is 7.74. The van der Waals surface area contributed by atoms with Gasteiger partial charge in [0.05, 0.1) is 12.3 Å². The first-order valence-electron chi connectivity index (χ1n) is 7.29. The summed E-state index contributed by atoms with van der Waals surface area (Å²) < 4.78 is 54.6. The molecular weight excluding hydrogens is 378 g/mol. The Hall–Kier alpha value is -1.62. The van der Waals surface area contributed by atoms with Gasteiger partial charge in [0.25, 0.3) is 0 Å². The lowest BCUT2D eigenvalue weighted by molar-refractivity contribution is 0.0169. The first-order valence-corrected chi connectivity index (χ1v) is 9.48. The number of halogens is 3. The van der Waals surface area contributed by atoms with E-state index in [2.05, 4.69) is 14.8 Å². The van der Waals surface area contributed by atoms with Crippen LogP contribution in [0, 0.1) is 11.6 Å². The molecule has 138 valence electrons. The summed E-state index contributed by atoms with van der Waals surface area (Å²) in [6, 6.07) is 2.66. The second-order valence-electron chi connectivity index (χ2n) is 5.43. The normalized spacial score (nSPS) is 14.4. The predicted molar refractivity (Wildman–Crippen MR) is 87.4 cm³/mol. The van der Waals surface area contributed by atoms with Gasteiger partial charge in [0.15, 0.2) is 0 Å². The van der Waals surface area contributed by atoms with Gasteiger partial charge in [-0.3, -0.25) is 0 Å². The van der Waals surface area contributed by atoms with Crippen molar-refractivity contribution in [3.05, 3.63) is 48.1 Å². The predicted octanol–water partition coefficient (Wildman–Crippen LogP) is 0.992. The average Bonchev–Trinajstić information content (AvgIpc) is 3.04. The average molecular weight is 395 g/mol. The molecule has 0 aliphatic heterocycles. The number of rotatable bonds is 9. The van der Waals surface area contributed by atoms with Crippen LogP contribution in [0.1, 0.15) is 12.0 Å². The van der Waals surface area contributed by atoms with E-state index in [0.29, 0.717) is 6.07 Å². The molecule has 0 amide bonds. The lowest BCUT2D eigenvalue weighted by Crippen LogP contribution is -2.45. The highest BCUT2D eigenvalue weighted by Gasteiger charge is 2.34. The van der Waals surface area contributed by atoms with Crippen molar-refractivity contribution >= 4 is 21.6 Å². The van der Waals surface area contributed by atoms with Gasteiger partial charge in [0, 0.05) is 24.1 Å². The van der Waals surface area contributed by atoms with E-state index in [-0.39, 0.29) is 30.2 Å². The van der Waals surface area contributed by atoms with E-state index in [1.54, 1.807) is 0 Å². The van der Waals surface area contributed by atoms with Gasteiger partial charge in [0.2, 0.25) is 10.0 Å². The van der Waals surface area contributed by atoms with Crippen LogP contribution in [0.2, 0.25) is 0 Å². The topological polar surface area (TPSA) is 97.1 Å². The third-order valence-electron chi connectivity index (χ3n) is 3.45. The Morgan fingerprint density at radius 1 is 1.36 bits per heavy atom. The number of sulfonamides is 1. The monoisotopic (exact) mass is 394 g/mol. The Kier molecular flexibility index (Phi) is 6.44. The fraction of sp³-hybridized carbons (Fsp3) is 0.429. The zero-order chi connectivity index (χ0) is 18.5. The number of aromatic nitrogens is 3. The van der Waals surface area contributed by atoms with Crippen LogP contribution in [0.5, 0.6) is 0 Å². The summed E-state index contributed by atoms with van der Waals surface area (Å²) in [5.74, 6) is -1.88. The van der Waals surface area contributed by atoms with Gasteiger partial charge in [0.1, 0.15) is 29.9 Å². The molecule has 0 saturated heterocycles. The van der Waals surface area contributed by atoms with Crippen molar-refractivity contribution in [3.63, 3.8) is 0 Å². The molecule has 2 N–H and O–H groups in total. The Morgan fingerprint density at radius 2 is 2.12 bits per heavy atom. The van der Waals surface area contributed by atoms with E-state index in [4.69, 9.17) is 11.6 Å². The lowest BCUT2D eigenvalue weighted by atomic mass is 9.93. The Morgan fingerprint density at radius 3 is 2.72 bits per heavy atom. The molecule has 1 unspecified atom stereocenters. The van der Waals surface area contributed by atoms with Gasteiger partial charge in [-0.15, -0.1) is 11.6 Å². The molecule has 0 aliphatic rings. The highest BCUT2D eigenvalue weighted by Crippen LogP contribution is 2.26. The minimum absolute atomic E-state index is 0.163. The van der Waals surface area contributed by atoms with Crippen LogP contribution in [0.15, 0.2) is 30.9 Å². The molecule has 11 heteroatoms. The summed E-state index contributed by atoms with van der Waals surface area (Å²) in [5.41, 5.74) is -2.26. The number of nitrogens with zero attached hydrogens (tertiary/aromatic N) is 3. The fourth-order valence-corrected chi connectivity index (χ4v) is 3.65. The van der Waals surface area contributed by atoms with Gasteiger partial charge in [-0.25, -0.2) is 31.6 Å². The molecule has 2 aromatic rings. The summed E-state index contributed by atoms with van der Waals surface area (Å²) in [4.78, 5) is 3.72. The Balaban J connectivity index is 2.29. The van der Waals surface area contributed by atoms with Crippen molar-refractivity contribution in [2.45, 2.75) is 18.6 Å². The Bertz CT molecular complexity index is 804. The molecule has 2 rings (SSSR count). The second kappa shape index (κ2) is 8.17. The molecule has 25 heavy (non-hydrogen) atoms. The smallest absolute Gasteiger partial charge is 0.211 e. The summed E-state index contributed by atoms with van der Waals surface area (Å²) in [5, 5.41) is 14.7. The third kappa shape index (κ3) is 5.43. The van der Waals surface area contributed by atoms with Gasteiger partial charge in [-0.05, 0) is 12.5 Å². The molecular formula is C14H17ClF2N4O3S. The Labute approximate surface area is 148 Å². The number of hydrogen-bond donors (Lipinski definition) is 2. The standard InChI is InChI=1S/C14H17ClF2N4O3S/c15-4-1-5-25(23,24)20-7-14(22,8-21-10-18-9-19-21)12-3-2-11(16)6-13(12)17/h2-3,6,9-10,20,22H,1,4-5,7-8H2. The summed E-state index contributed by atoms with van der Waals surface area (Å²) in [6.45, 7) is -0.812. The van der Waals surface area contributed by atoms with Crippen molar-refractivity contribution in [3.8, 4) is 0 Å². The van der Waals surface area contributed by atoms with E-state index in [1.165, 1.54) is 17.3 Å². The summed E-state index contributed by atoms with van der Waals surface area (Å²) in [6.07, 6.45) is 2.73. The molecule has 0 aliphatic carbocycles. The SMILES string of the molecule is O=S(=O)(CCCCl)NCC(O)(Cn1cncn1)c1ccc(F)cc1F. The minimum atomic E-state index is -3.72. The van der Waals surface area contributed by atoms with Crippen LogP contribution in [-0.2, 0) is 22.2 Å². The van der Waals surface area contributed by atoms with E-state index in [0.717, 1.165) is 12.1 Å². The summed E-state index contributed by atoms with van der Waals surface area (Å²) in [7, 11) is -3.72. The number of hydrogen-bond acceptors (Lipinski definition) is 5. The molecule has 1 aromatic carbocycles. The van der Waals surface area contributed by atoms with Gasteiger partial charge in [-0.1, -0.05) is 6.07 Å². The van der Waals surface area contributed by atoms with Gasteiger partial charge in [-0.2, -0.15) is 5.10 Å². The van der Waals surface area contributed by atoms with E-state index < -0.39 is 33.8 Å². The van der Waals surface area contributed by atoms with Gasteiger partial charge < -0.3 is 5.11 Å². The first-order chi connectivity index (χ1) is 11.8. The largest absolute Gasteiger partial charge is 0.382 e. The van der Waals surface area contributed by atoms with Crippen molar-refractivity contribution < 1.29 is 22.3 Å². The molecule has 1 heterocycles. The highest BCUT2D eigenvalue weighted by atomic mass is 35.5. The molecule has 0 saturated carbocycles. The van der Waals surface area contributed by atoms with Crippen molar-refractivity contribution in [2.24, 2.45) is 0 Å². The maximum Gasteiger partial charge on any atom is 0.211 e. The van der Waals surface area contributed by atoms with Crippen molar-refractivity contribution in [1.29, 1.82) is 0 Å². The van der Waals surface area contributed by atoms with E-state index >= 15 is 0 Å². The minimum Gasteiger partial charge on any atom is -0.382 e. The molecule has 7 nitrogen and oxygen atoms in total. The maximum atomic E-state index is 14.2. The van der Waals surface area contributed by atoms with Crippen LogP contribution in [0.4, 0.5) is 8.78 Å². The van der Waals surface area contributed by atoms with E-state index in [9.17, 15) is 22.3 Å². The van der Waals surface area contributed by atoms with Crippen LogP contribution in [0.25, 0.3) is 0 Å². The highest BCUT2D eigenvalue weighted by molar-refractivity contribution is 7.89.